The van der Waals surface area contributed by atoms with Gasteiger partial charge in [-0.15, -0.1) is 11.8 Å². The van der Waals surface area contributed by atoms with Gasteiger partial charge in [0.1, 0.15) is 0 Å². The van der Waals surface area contributed by atoms with Gasteiger partial charge in [-0.1, -0.05) is 32.0 Å². The summed E-state index contributed by atoms with van der Waals surface area (Å²) in [6.45, 7) is 4.36. The standard InChI is InChI=1S/C22H27N3O3S/c1-16(2)21(27)25-18-10-8-17(9-11-18)22(28)24-14-13-23-20(26)12-15-29-19-6-4-3-5-7-19/h3-11,16H,12-15H2,1-2H3,(H,23,26)(H,24,28)(H,25,27). The van der Waals surface area contributed by atoms with Crippen molar-refractivity contribution in [2.45, 2.75) is 25.2 Å². The monoisotopic (exact) mass is 413 g/mol. The van der Waals surface area contributed by atoms with Gasteiger partial charge in [0.25, 0.3) is 5.91 Å². The van der Waals surface area contributed by atoms with Crippen LogP contribution in [-0.2, 0) is 9.59 Å². The van der Waals surface area contributed by atoms with Gasteiger partial charge in [0, 0.05) is 47.3 Å². The molecule has 154 valence electrons. The number of hydrogen-bond acceptors (Lipinski definition) is 4. The molecule has 0 atom stereocenters. The summed E-state index contributed by atoms with van der Waals surface area (Å²) in [4.78, 5) is 36.8. The lowest BCUT2D eigenvalue weighted by atomic mass is 10.1. The van der Waals surface area contributed by atoms with E-state index in [1.165, 1.54) is 0 Å². The molecule has 0 heterocycles. The van der Waals surface area contributed by atoms with E-state index in [9.17, 15) is 14.4 Å². The molecule has 0 aliphatic heterocycles. The van der Waals surface area contributed by atoms with Gasteiger partial charge in [-0.05, 0) is 36.4 Å². The van der Waals surface area contributed by atoms with Gasteiger partial charge in [-0.3, -0.25) is 14.4 Å². The van der Waals surface area contributed by atoms with Crippen LogP contribution in [0.3, 0.4) is 0 Å². The highest BCUT2D eigenvalue weighted by molar-refractivity contribution is 7.99. The van der Waals surface area contributed by atoms with Gasteiger partial charge < -0.3 is 16.0 Å². The molecule has 0 aromatic heterocycles. The van der Waals surface area contributed by atoms with Crippen LogP contribution in [0.25, 0.3) is 0 Å². The van der Waals surface area contributed by atoms with Crippen LogP contribution in [0.4, 0.5) is 5.69 Å². The summed E-state index contributed by atoms with van der Waals surface area (Å²) in [6.07, 6.45) is 0.428. The molecule has 0 aliphatic carbocycles. The summed E-state index contributed by atoms with van der Waals surface area (Å²) in [5, 5.41) is 8.35. The Morgan fingerprint density at radius 1 is 0.897 bits per heavy atom. The molecule has 0 aliphatic rings. The normalized spacial score (nSPS) is 10.4. The highest BCUT2D eigenvalue weighted by Gasteiger charge is 2.09. The van der Waals surface area contributed by atoms with Gasteiger partial charge in [-0.2, -0.15) is 0 Å². The van der Waals surface area contributed by atoms with Crippen LogP contribution in [0, 0.1) is 5.92 Å². The third-order valence-electron chi connectivity index (χ3n) is 4.01. The van der Waals surface area contributed by atoms with Gasteiger partial charge in [0.15, 0.2) is 0 Å². The first-order valence-electron chi connectivity index (χ1n) is 9.59. The molecular weight excluding hydrogens is 386 g/mol. The zero-order valence-corrected chi connectivity index (χ0v) is 17.6. The van der Waals surface area contributed by atoms with E-state index in [0.29, 0.717) is 36.5 Å². The second kappa shape index (κ2) is 11.9. The summed E-state index contributed by atoms with van der Waals surface area (Å²) >= 11 is 1.64. The maximum atomic E-state index is 12.1. The molecule has 2 aromatic carbocycles. The fraction of sp³-hybridized carbons (Fsp3) is 0.318. The number of carbonyl (C=O) groups excluding carboxylic acids is 3. The molecule has 0 saturated heterocycles. The lowest BCUT2D eigenvalue weighted by Crippen LogP contribution is -2.34. The van der Waals surface area contributed by atoms with Gasteiger partial charge >= 0.3 is 0 Å². The first-order valence-corrected chi connectivity index (χ1v) is 10.6. The van der Waals surface area contributed by atoms with Crippen LogP contribution < -0.4 is 16.0 Å². The van der Waals surface area contributed by atoms with E-state index in [1.54, 1.807) is 36.0 Å². The molecule has 0 spiro atoms. The zero-order chi connectivity index (χ0) is 21.1. The number of carbonyl (C=O) groups is 3. The Morgan fingerprint density at radius 2 is 1.55 bits per heavy atom. The van der Waals surface area contributed by atoms with Crippen molar-refractivity contribution < 1.29 is 14.4 Å². The Bertz CT molecular complexity index is 808. The van der Waals surface area contributed by atoms with Crippen molar-refractivity contribution in [1.82, 2.24) is 10.6 Å². The molecule has 0 fully saturated rings. The summed E-state index contributed by atoms with van der Waals surface area (Å²) in [5.74, 6) is 0.279. The van der Waals surface area contributed by atoms with Crippen LogP contribution in [0.1, 0.15) is 30.6 Å². The smallest absolute Gasteiger partial charge is 0.251 e. The van der Waals surface area contributed by atoms with Crippen molar-refractivity contribution in [1.29, 1.82) is 0 Å². The van der Waals surface area contributed by atoms with Crippen molar-refractivity contribution in [3.05, 3.63) is 60.2 Å². The predicted molar refractivity (Wildman–Crippen MR) is 117 cm³/mol. The summed E-state index contributed by atoms with van der Waals surface area (Å²) in [7, 11) is 0. The van der Waals surface area contributed by atoms with E-state index < -0.39 is 0 Å². The average Bonchev–Trinajstić information content (AvgIpc) is 2.72. The first-order chi connectivity index (χ1) is 14.0. The van der Waals surface area contributed by atoms with Crippen LogP contribution in [0.2, 0.25) is 0 Å². The Balaban J connectivity index is 1.62. The average molecular weight is 414 g/mol. The molecule has 3 amide bonds. The van der Waals surface area contributed by atoms with E-state index in [1.807, 2.05) is 44.2 Å². The van der Waals surface area contributed by atoms with Crippen molar-refractivity contribution >= 4 is 35.2 Å². The van der Waals surface area contributed by atoms with Crippen LogP contribution in [-0.4, -0.2) is 36.6 Å². The Labute approximate surface area is 175 Å². The van der Waals surface area contributed by atoms with Crippen LogP contribution in [0.15, 0.2) is 59.5 Å². The minimum Gasteiger partial charge on any atom is -0.354 e. The van der Waals surface area contributed by atoms with Gasteiger partial charge in [0.05, 0.1) is 0 Å². The summed E-state index contributed by atoms with van der Waals surface area (Å²) < 4.78 is 0. The predicted octanol–water partition coefficient (Wildman–Crippen LogP) is 3.31. The molecular formula is C22H27N3O3S. The van der Waals surface area contributed by atoms with E-state index in [2.05, 4.69) is 16.0 Å². The number of benzene rings is 2. The minimum atomic E-state index is -0.222. The van der Waals surface area contributed by atoms with Crippen LogP contribution >= 0.6 is 11.8 Å². The molecule has 0 saturated carbocycles. The highest BCUT2D eigenvalue weighted by atomic mass is 32.2. The maximum Gasteiger partial charge on any atom is 0.251 e. The fourth-order valence-electron chi connectivity index (χ4n) is 2.34. The third-order valence-corrected chi connectivity index (χ3v) is 5.03. The van der Waals surface area contributed by atoms with Crippen LogP contribution in [0.5, 0.6) is 0 Å². The van der Waals surface area contributed by atoms with Crippen molar-refractivity contribution in [3.8, 4) is 0 Å². The summed E-state index contributed by atoms with van der Waals surface area (Å²) in [5.41, 5.74) is 1.15. The SMILES string of the molecule is CC(C)C(=O)Nc1ccc(C(=O)NCCNC(=O)CCSc2ccccc2)cc1. The number of thioether (sulfide) groups is 1. The van der Waals surface area contributed by atoms with Crippen molar-refractivity contribution in [2.24, 2.45) is 5.92 Å². The fourth-order valence-corrected chi connectivity index (χ4v) is 3.21. The topological polar surface area (TPSA) is 87.3 Å². The molecule has 2 rings (SSSR count). The summed E-state index contributed by atoms with van der Waals surface area (Å²) in [6, 6.07) is 16.6. The second-order valence-corrected chi connectivity index (χ2v) is 7.91. The maximum absolute atomic E-state index is 12.1. The van der Waals surface area contributed by atoms with E-state index >= 15 is 0 Å². The second-order valence-electron chi connectivity index (χ2n) is 6.74. The number of anilines is 1. The number of amides is 3. The highest BCUT2D eigenvalue weighted by Crippen LogP contribution is 2.17. The molecule has 7 heteroatoms. The van der Waals surface area contributed by atoms with Gasteiger partial charge in [0.2, 0.25) is 11.8 Å². The van der Waals surface area contributed by atoms with Crippen molar-refractivity contribution in [3.63, 3.8) is 0 Å². The van der Waals surface area contributed by atoms with Gasteiger partial charge in [-0.25, -0.2) is 0 Å². The Hall–Kier alpha value is -2.80. The lowest BCUT2D eigenvalue weighted by Gasteiger charge is -2.09. The first kappa shape index (κ1) is 22.5. The molecule has 29 heavy (non-hydrogen) atoms. The van der Waals surface area contributed by atoms with E-state index in [0.717, 1.165) is 4.90 Å². The van der Waals surface area contributed by atoms with E-state index in [-0.39, 0.29) is 23.6 Å². The molecule has 2 aromatic rings. The Morgan fingerprint density at radius 3 is 2.21 bits per heavy atom. The molecule has 6 nitrogen and oxygen atoms in total. The molecule has 3 N–H and O–H groups in total. The Kier molecular flexibility index (Phi) is 9.24. The zero-order valence-electron chi connectivity index (χ0n) is 16.7. The third kappa shape index (κ3) is 8.39. The van der Waals surface area contributed by atoms with Crippen molar-refractivity contribution in [2.75, 3.05) is 24.2 Å². The number of rotatable bonds is 10. The molecule has 0 bridgehead atoms. The van der Waals surface area contributed by atoms with E-state index in [4.69, 9.17) is 0 Å². The minimum absolute atomic E-state index is 0.0343. The quantitative estimate of drug-likeness (QED) is 0.412. The largest absolute Gasteiger partial charge is 0.354 e. The number of hydrogen-bond donors (Lipinski definition) is 3. The number of nitrogens with one attached hydrogen (secondary N) is 3. The molecule has 0 unspecified atom stereocenters. The lowest BCUT2D eigenvalue weighted by molar-refractivity contribution is -0.120. The molecule has 0 radical (unpaired) electrons.